The fourth-order valence-electron chi connectivity index (χ4n) is 8.37. The van der Waals surface area contributed by atoms with Gasteiger partial charge in [0.15, 0.2) is 0 Å². The van der Waals surface area contributed by atoms with Gasteiger partial charge in [0, 0.05) is 44.7 Å². The second kappa shape index (κ2) is 24.0. The summed E-state index contributed by atoms with van der Waals surface area (Å²) in [5.74, 6) is -1.70. The van der Waals surface area contributed by atoms with Gasteiger partial charge in [0.05, 0.1) is 35.8 Å². The summed E-state index contributed by atoms with van der Waals surface area (Å²) in [5.41, 5.74) is 0.807. The number of H-pyrrole nitrogens is 1. The van der Waals surface area contributed by atoms with E-state index in [9.17, 15) is 32.7 Å². The minimum atomic E-state index is -3.45. The van der Waals surface area contributed by atoms with Crippen LogP contribution < -0.4 is 20.7 Å². The van der Waals surface area contributed by atoms with E-state index in [1.54, 1.807) is 31.9 Å². The van der Waals surface area contributed by atoms with Crippen LogP contribution in [0.5, 0.6) is 0 Å². The van der Waals surface area contributed by atoms with Gasteiger partial charge in [-0.3, -0.25) is 14.4 Å². The summed E-state index contributed by atoms with van der Waals surface area (Å²) in [6.07, 6.45) is 9.68. The van der Waals surface area contributed by atoms with Crippen LogP contribution in [0, 0.1) is 23.7 Å². The maximum atomic E-state index is 14.5. The first kappa shape index (κ1) is 49.6. The number of aliphatic hydroxyl groups is 1. The van der Waals surface area contributed by atoms with Crippen molar-refractivity contribution < 1.29 is 37.4 Å². The van der Waals surface area contributed by atoms with E-state index >= 15 is 0 Å². The summed E-state index contributed by atoms with van der Waals surface area (Å²) in [6.45, 7) is 12.2. The smallest absolute Gasteiger partial charge is 0.407 e. The number of carbonyl (C=O) groups excluding carboxylic acids is 4. The molecule has 2 aromatic rings. The molecule has 1 unspecified atom stereocenters. The molecular formula is C45H73N7O8S. The van der Waals surface area contributed by atoms with E-state index in [1.165, 1.54) is 6.33 Å². The Kier molecular flexibility index (Phi) is 19.5. The minimum Gasteiger partial charge on any atom is -0.444 e. The number of rotatable bonds is 22. The zero-order chi connectivity index (χ0) is 44.6. The Morgan fingerprint density at radius 2 is 1.66 bits per heavy atom. The largest absolute Gasteiger partial charge is 0.444 e. The molecule has 0 radical (unpaired) electrons. The number of sulfonamides is 1. The van der Waals surface area contributed by atoms with Gasteiger partial charge in [-0.25, -0.2) is 22.9 Å². The number of likely N-dealkylation sites (tertiary alicyclic amines) is 1. The van der Waals surface area contributed by atoms with Crippen LogP contribution in [0.15, 0.2) is 42.9 Å². The van der Waals surface area contributed by atoms with E-state index in [1.807, 2.05) is 51.1 Å². The predicted molar refractivity (Wildman–Crippen MR) is 236 cm³/mol. The summed E-state index contributed by atoms with van der Waals surface area (Å²) in [6, 6.07) is 7.61. The third-order valence-corrected chi connectivity index (χ3v) is 13.5. The summed E-state index contributed by atoms with van der Waals surface area (Å²) < 4.78 is 33.2. The van der Waals surface area contributed by atoms with E-state index in [2.05, 4.69) is 30.6 Å². The Morgan fingerprint density at radius 3 is 2.26 bits per heavy atom. The first-order valence-corrected chi connectivity index (χ1v) is 24.1. The van der Waals surface area contributed by atoms with Gasteiger partial charge in [0.1, 0.15) is 11.6 Å². The fourth-order valence-corrected chi connectivity index (χ4v) is 9.52. The molecule has 1 saturated carbocycles. The van der Waals surface area contributed by atoms with Gasteiger partial charge in [-0.1, -0.05) is 83.2 Å². The predicted octanol–water partition coefficient (Wildman–Crippen LogP) is 5.01. The molecule has 0 bridgehead atoms. The number of alkyl carbamates (subject to hydrolysis) is 1. The third kappa shape index (κ3) is 17.7. The molecule has 15 nitrogen and oxygen atoms in total. The highest BCUT2D eigenvalue weighted by atomic mass is 32.2. The first-order chi connectivity index (χ1) is 28.9. The molecule has 6 N–H and O–H groups in total. The highest BCUT2D eigenvalue weighted by molar-refractivity contribution is 7.89. The average Bonchev–Trinajstić information content (AvgIpc) is 3.72. The van der Waals surface area contributed by atoms with Crippen molar-refractivity contribution in [1.29, 1.82) is 0 Å². The van der Waals surface area contributed by atoms with Gasteiger partial charge in [-0.05, 0) is 82.6 Å². The van der Waals surface area contributed by atoms with Gasteiger partial charge < -0.3 is 35.7 Å². The number of imidazole rings is 1. The summed E-state index contributed by atoms with van der Waals surface area (Å²) in [7, 11) is -3.45. The Bertz CT molecular complexity index is 1760. The molecular weight excluding hydrogens is 799 g/mol. The summed E-state index contributed by atoms with van der Waals surface area (Å²) >= 11 is 0. The van der Waals surface area contributed by atoms with Crippen molar-refractivity contribution in [2.45, 2.75) is 155 Å². The number of hydrogen-bond acceptors (Lipinski definition) is 9. The Morgan fingerprint density at radius 1 is 0.967 bits per heavy atom. The zero-order valence-electron chi connectivity index (χ0n) is 37.3. The van der Waals surface area contributed by atoms with Crippen LogP contribution in [-0.4, -0.2) is 107 Å². The number of amides is 4. The van der Waals surface area contributed by atoms with E-state index in [0.717, 1.165) is 37.7 Å². The Hall–Kier alpha value is -4.02. The molecule has 1 aromatic carbocycles. The van der Waals surface area contributed by atoms with Gasteiger partial charge in [0.25, 0.3) is 0 Å². The monoisotopic (exact) mass is 872 g/mol. The van der Waals surface area contributed by atoms with Gasteiger partial charge in [-0.2, -0.15) is 0 Å². The van der Waals surface area contributed by atoms with Gasteiger partial charge in [-0.15, -0.1) is 0 Å². The normalized spacial score (nSPS) is 18.1. The molecule has 2 fully saturated rings. The maximum Gasteiger partial charge on any atom is 0.407 e. The van der Waals surface area contributed by atoms with Crippen LogP contribution >= 0.6 is 0 Å². The van der Waals surface area contributed by atoms with Crippen LogP contribution in [0.1, 0.15) is 123 Å². The molecule has 16 heteroatoms. The maximum absolute atomic E-state index is 14.5. The second-order valence-corrected chi connectivity index (χ2v) is 20.5. The molecule has 1 aromatic heterocycles. The number of carbonyl (C=O) groups is 4. The molecule has 1 saturated heterocycles. The van der Waals surface area contributed by atoms with Crippen LogP contribution in [-0.2, 0) is 42.0 Å². The Balaban J connectivity index is 1.51. The second-order valence-electron chi connectivity index (χ2n) is 18.5. The number of piperidine rings is 1. The molecule has 1 aliphatic carbocycles. The molecule has 2 heterocycles. The minimum absolute atomic E-state index is 0.0258. The van der Waals surface area contributed by atoms with Crippen molar-refractivity contribution in [1.82, 2.24) is 35.5 Å². The van der Waals surface area contributed by atoms with Crippen molar-refractivity contribution in [2.24, 2.45) is 23.7 Å². The number of aromatic amines is 1. The number of nitrogens with one attached hydrogen (secondary N) is 5. The number of benzene rings is 1. The highest BCUT2D eigenvalue weighted by Gasteiger charge is 2.35. The number of nitrogens with zero attached hydrogens (tertiary/aromatic N) is 2. The molecule has 61 heavy (non-hydrogen) atoms. The van der Waals surface area contributed by atoms with E-state index in [4.69, 9.17) is 4.74 Å². The lowest BCUT2D eigenvalue weighted by molar-refractivity contribution is -0.138. The third-order valence-electron chi connectivity index (χ3n) is 11.9. The zero-order valence-corrected chi connectivity index (χ0v) is 38.1. The molecule has 4 amide bonds. The quantitative estimate of drug-likeness (QED) is 0.0938. The molecule has 2 aliphatic rings. The van der Waals surface area contributed by atoms with Crippen LogP contribution in [0.4, 0.5) is 4.79 Å². The lowest BCUT2D eigenvalue weighted by Crippen LogP contribution is -2.55. The van der Waals surface area contributed by atoms with Crippen molar-refractivity contribution in [3.05, 3.63) is 54.1 Å². The number of aromatic nitrogens is 2. The number of hydrogen-bond donors (Lipinski definition) is 6. The van der Waals surface area contributed by atoms with E-state index in [-0.39, 0.29) is 61.8 Å². The molecule has 342 valence electrons. The van der Waals surface area contributed by atoms with Crippen molar-refractivity contribution in [3.63, 3.8) is 0 Å². The van der Waals surface area contributed by atoms with Crippen LogP contribution in [0.25, 0.3) is 0 Å². The molecule has 0 spiro atoms. The summed E-state index contributed by atoms with van der Waals surface area (Å²) in [4.78, 5) is 64.1. The molecule has 4 rings (SSSR count). The van der Waals surface area contributed by atoms with Gasteiger partial charge in [0.2, 0.25) is 27.7 Å². The lowest BCUT2D eigenvalue weighted by Gasteiger charge is -2.34. The number of ether oxygens (including phenoxy) is 1. The van der Waals surface area contributed by atoms with E-state index in [0.29, 0.717) is 50.4 Å². The average molecular weight is 872 g/mol. The van der Waals surface area contributed by atoms with Gasteiger partial charge >= 0.3 is 6.09 Å². The standard InChI is InChI=1S/C45H73N7O8S/c1-7-22-61(58,59)48-28-35(31(2)3)25-40(53)38(24-33-16-12-9-13-17-33)50-43(56)39(27-37-29-46-30-47-37)51-42(55)34(23-32-14-10-8-11-15-32)26-41(54)52-20-18-36(19-21-52)49-44(57)60-45(4,5)6/h8,10-11,14-15,29-31,33-36,38-40,48,53H,7,9,12-13,16-28H2,1-6H3,(H,46,47)(H,49,57)(H,50,56)(H,51,55)/t34?,35-,38+,39+,40+/m1/s1. The SMILES string of the molecule is CCCS(=O)(=O)NC[C@@H](C[C@H](O)[C@H](CC1CCCCC1)NC(=O)[C@H](Cc1c[nH]cn1)NC(=O)C(CC(=O)N1CCC(NC(=O)OC(C)(C)C)CC1)Cc1ccccc1)C(C)C. The van der Waals surface area contributed by atoms with Crippen molar-refractivity contribution >= 4 is 33.8 Å². The molecule has 5 atom stereocenters. The highest BCUT2D eigenvalue weighted by Crippen LogP contribution is 2.30. The fraction of sp³-hybridized carbons (Fsp3) is 0.711. The van der Waals surface area contributed by atoms with Crippen molar-refractivity contribution in [2.75, 3.05) is 25.4 Å². The number of aliphatic hydroxyl groups excluding tert-OH is 1. The van der Waals surface area contributed by atoms with Crippen LogP contribution in [0.3, 0.4) is 0 Å². The lowest BCUT2D eigenvalue weighted by atomic mass is 9.81. The first-order valence-electron chi connectivity index (χ1n) is 22.5. The van der Waals surface area contributed by atoms with E-state index < -0.39 is 57.6 Å². The summed E-state index contributed by atoms with van der Waals surface area (Å²) in [5, 5.41) is 20.9. The van der Waals surface area contributed by atoms with Crippen LogP contribution in [0.2, 0.25) is 0 Å². The molecule has 1 aliphatic heterocycles. The van der Waals surface area contributed by atoms with Crippen molar-refractivity contribution in [3.8, 4) is 0 Å². The topological polar surface area (TPSA) is 212 Å². The Labute approximate surface area is 363 Å².